The zero-order valence-corrected chi connectivity index (χ0v) is 31.7. The molecule has 1 spiro atoms. The lowest BCUT2D eigenvalue weighted by atomic mass is 9.73. The number of rotatable bonds is 5. The van der Waals surface area contributed by atoms with Gasteiger partial charge in [0.15, 0.2) is 0 Å². The number of hydrogen-bond donors (Lipinski definition) is 0. The van der Waals surface area contributed by atoms with Crippen molar-refractivity contribution in [3.63, 3.8) is 0 Å². The van der Waals surface area contributed by atoms with E-state index >= 15 is 0 Å². The number of thiophene rings is 1. The fourth-order valence-corrected chi connectivity index (χ4v) is 11.6. The van der Waals surface area contributed by atoms with E-state index in [1.807, 2.05) is 11.3 Å². The molecular formula is C55H33NS. The second-order valence-electron chi connectivity index (χ2n) is 15.6. The molecule has 0 bridgehead atoms. The van der Waals surface area contributed by atoms with E-state index < -0.39 is 0 Å². The molecule has 0 fully saturated rings. The molecule has 1 aromatic heterocycles. The molecule has 0 aliphatic heterocycles. The van der Waals surface area contributed by atoms with Crippen LogP contribution in [0, 0.1) is 0 Å². The molecular weight excluding hydrogens is 707 g/mol. The van der Waals surface area contributed by atoms with Gasteiger partial charge in [0.05, 0.1) is 11.1 Å². The lowest BCUT2D eigenvalue weighted by molar-refractivity contribution is 0.818. The van der Waals surface area contributed by atoms with E-state index in [1.54, 1.807) is 0 Å². The summed E-state index contributed by atoms with van der Waals surface area (Å²) >= 11 is 1.86. The first kappa shape index (κ1) is 31.2. The Labute approximate surface area is 335 Å². The van der Waals surface area contributed by atoms with Gasteiger partial charge < -0.3 is 4.90 Å². The third-order valence-electron chi connectivity index (χ3n) is 12.8. The number of hydrogen-bond acceptors (Lipinski definition) is 2. The molecule has 3 aliphatic rings. The monoisotopic (exact) mass is 739 g/mol. The largest absolute Gasteiger partial charge is 0.310 e. The van der Waals surface area contributed by atoms with Gasteiger partial charge in [0, 0.05) is 37.1 Å². The van der Waals surface area contributed by atoms with E-state index in [1.165, 1.54) is 98.1 Å². The van der Waals surface area contributed by atoms with Crippen molar-refractivity contribution >= 4 is 48.6 Å². The zero-order valence-electron chi connectivity index (χ0n) is 30.9. The predicted octanol–water partition coefficient (Wildman–Crippen LogP) is 15.2. The Morgan fingerprint density at radius 1 is 0.333 bits per heavy atom. The average molecular weight is 740 g/mol. The molecule has 2 heteroatoms. The van der Waals surface area contributed by atoms with Crippen LogP contribution in [0.1, 0.15) is 22.3 Å². The molecule has 264 valence electrons. The van der Waals surface area contributed by atoms with Gasteiger partial charge in [-0.25, -0.2) is 0 Å². The van der Waals surface area contributed by atoms with Gasteiger partial charge in [-0.1, -0.05) is 152 Å². The van der Waals surface area contributed by atoms with Gasteiger partial charge in [-0.05, 0) is 121 Å². The van der Waals surface area contributed by atoms with Crippen molar-refractivity contribution in [2.45, 2.75) is 5.41 Å². The van der Waals surface area contributed by atoms with Crippen molar-refractivity contribution in [3.8, 4) is 55.6 Å². The second-order valence-corrected chi connectivity index (χ2v) is 16.6. The summed E-state index contributed by atoms with van der Waals surface area (Å²) in [6, 6.07) is 74.7. The minimum atomic E-state index is -0.290. The Kier molecular flexibility index (Phi) is 6.31. The fourth-order valence-electron chi connectivity index (χ4n) is 10.5. The van der Waals surface area contributed by atoms with Crippen LogP contribution in [-0.4, -0.2) is 0 Å². The van der Waals surface area contributed by atoms with Gasteiger partial charge in [0.2, 0.25) is 0 Å². The van der Waals surface area contributed by atoms with Crippen molar-refractivity contribution in [2.24, 2.45) is 0 Å². The molecule has 0 N–H and O–H groups in total. The smallest absolute Gasteiger partial charge is 0.0737 e. The van der Waals surface area contributed by atoms with Crippen molar-refractivity contribution in [1.29, 1.82) is 0 Å². The normalized spacial score (nSPS) is 15.1. The minimum Gasteiger partial charge on any atom is -0.310 e. The molecule has 10 aromatic rings. The van der Waals surface area contributed by atoms with Gasteiger partial charge in [-0.2, -0.15) is 0 Å². The number of fused-ring (bicyclic) bond motifs is 8. The molecule has 1 unspecified atom stereocenters. The summed E-state index contributed by atoms with van der Waals surface area (Å²) in [7, 11) is 0. The molecule has 13 rings (SSSR count). The first-order chi connectivity index (χ1) is 28.3. The summed E-state index contributed by atoms with van der Waals surface area (Å²) in [5.41, 5.74) is 21.9. The van der Waals surface area contributed by atoms with E-state index in [4.69, 9.17) is 0 Å². The summed E-state index contributed by atoms with van der Waals surface area (Å²) in [5, 5.41) is 2.59. The topological polar surface area (TPSA) is 3.24 Å². The number of anilines is 3. The Morgan fingerprint density at radius 2 is 0.912 bits per heavy atom. The Hall–Kier alpha value is -7.00. The van der Waals surface area contributed by atoms with Crippen molar-refractivity contribution in [1.82, 2.24) is 0 Å². The number of para-hydroxylation sites is 1. The number of benzene rings is 9. The molecule has 57 heavy (non-hydrogen) atoms. The van der Waals surface area contributed by atoms with Gasteiger partial charge in [0.1, 0.15) is 0 Å². The number of nitrogens with zero attached hydrogens (tertiary/aromatic N) is 1. The quantitative estimate of drug-likeness (QED) is 0.170. The Morgan fingerprint density at radius 3 is 1.70 bits per heavy atom. The van der Waals surface area contributed by atoms with E-state index in [0.29, 0.717) is 0 Å². The van der Waals surface area contributed by atoms with Gasteiger partial charge in [0.25, 0.3) is 0 Å². The molecule has 0 saturated heterocycles. The molecule has 9 aromatic carbocycles. The predicted molar refractivity (Wildman–Crippen MR) is 240 cm³/mol. The molecule has 1 heterocycles. The molecule has 1 nitrogen and oxygen atoms in total. The Bertz CT molecular complexity index is 3260. The van der Waals surface area contributed by atoms with Crippen LogP contribution in [0.3, 0.4) is 0 Å². The van der Waals surface area contributed by atoms with Crippen molar-refractivity contribution in [2.75, 3.05) is 4.90 Å². The molecule has 1 atom stereocenters. The summed E-state index contributed by atoms with van der Waals surface area (Å²) in [6.07, 6.45) is 0. The first-order valence-corrected chi connectivity index (χ1v) is 20.6. The van der Waals surface area contributed by atoms with Gasteiger partial charge in [-0.15, -0.1) is 11.3 Å². The maximum atomic E-state index is 2.50. The van der Waals surface area contributed by atoms with E-state index in [0.717, 1.165) is 17.1 Å². The van der Waals surface area contributed by atoms with Gasteiger partial charge in [-0.3, -0.25) is 0 Å². The summed E-state index contributed by atoms with van der Waals surface area (Å²) in [5.74, 6) is 0. The van der Waals surface area contributed by atoms with Crippen LogP contribution in [0.25, 0.3) is 75.8 Å². The maximum Gasteiger partial charge on any atom is 0.0737 e. The van der Waals surface area contributed by atoms with Crippen LogP contribution >= 0.6 is 11.3 Å². The lowest BCUT2D eigenvalue weighted by Crippen LogP contribution is -2.23. The highest BCUT2D eigenvalue weighted by Gasteiger charge is 2.57. The lowest BCUT2D eigenvalue weighted by Gasteiger charge is -2.28. The molecule has 3 aliphatic carbocycles. The van der Waals surface area contributed by atoms with Crippen LogP contribution in [0.5, 0.6) is 0 Å². The average Bonchev–Trinajstić information content (AvgIpc) is 3.99. The van der Waals surface area contributed by atoms with Crippen molar-refractivity contribution in [3.05, 3.63) is 222 Å². The Balaban J connectivity index is 0.977. The maximum absolute atomic E-state index is 2.50. The van der Waals surface area contributed by atoms with Crippen LogP contribution in [-0.2, 0) is 5.41 Å². The van der Waals surface area contributed by atoms with E-state index in [-0.39, 0.29) is 5.41 Å². The summed E-state index contributed by atoms with van der Waals surface area (Å²) in [4.78, 5) is 2.43. The summed E-state index contributed by atoms with van der Waals surface area (Å²) < 4.78 is 2.62. The zero-order chi connectivity index (χ0) is 37.2. The molecule has 0 amide bonds. The fraction of sp³-hybridized carbons (Fsp3) is 0.0182. The van der Waals surface area contributed by atoms with Crippen LogP contribution in [0.15, 0.2) is 200 Å². The molecule has 0 saturated carbocycles. The first-order valence-electron chi connectivity index (χ1n) is 19.8. The highest BCUT2D eigenvalue weighted by molar-refractivity contribution is 7.25. The van der Waals surface area contributed by atoms with Gasteiger partial charge >= 0.3 is 0 Å². The highest BCUT2D eigenvalue weighted by atomic mass is 32.1. The third kappa shape index (κ3) is 4.12. The minimum absolute atomic E-state index is 0.290. The summed E-state index contributed by atoms with van der Waals surface area (Å²) in [6.45, 7) is 0. The van der Waals surface area contributed by atoms with Crippen LogP contribution < -0.4 is 4.90 Å². The van der Waals surface area contributed by atoms with E-state index in [2.05, 4.69) is 205 Å². The second kappa shape index (κ2) is 11.5. The van der Waals surface area contributed by atoms with Crippen molar-refractivity contribution < 1.29 is 0 Å². The standard InChI is InChI=1S/C55H33NS/c1-2-12-35(13-3-1)39-14-5-8-22-50(39)56(38-29-31-52-47(33-38)42-16-6-9-23-51(42)57-52)37-27-24-34(25-28-37)36-26-30-41-44-18-11-20-46-45-19-10-17-43-40-15-4-7-21-48(40)55(53(43)45,54(44)46)49(41)32-36/h1-33H. The van der Waals surface area contributed by atoms with Crippen LogP contribution in [0.2, 0.25) is 0 Å². The van der Waals surface area contributed by atoms with Crippen LogP contribution in [0.4, 0.5) is 17.1 Å². The SMILES string of the molecule is c1ccc(-c2ccccc2N(c2ccc(-c3ccc4c(c3)C35c6ccccc6-c6cccc(c63)-c3cccc-4c35)cc2)c2ccc3sc4ccccc4c3c2)cc1. The third-order valence-corrected chi connectivity index (χ3v) is 14.0. The van der Waals surface area contributed by atoms with E-state index in [9.17, 15) is 0 Å². The highest BCUT2D eigenvalue weighted by Crippen LogP contribution is 2.70. The molecule has 0 radical (unpaired) electrons.